The standard InChI is InChI=1S/C20H15FN2O3S2/c21-14-7-5-13(6-8-14)20(25)26-12-19(24)23-16(18-4-2-10-28-18)11-15(22-23)17-3-1-9-27-17/h1-10,16H,11-12H2. The lowest BCUT2D eigenvalue weighted by Crippen LogP contribution is -2.31. The highest BCUT2D eigenvalue weighted by Crippen LogP contribution is 2.35. The number of thiophene rings is 2. The van der Waals surface area contributed by atoms with Gasteiger partial charge < -0.3 is 4.74 Å². The van der Waals surface area contributed by atoms with Crippen LogP contribution in [-0.2, 0) is 9.53 Å². The number of benzene rings is 1. The van der Waals surface area contributed by atoms with Crippen molar-refractivity contribution in [3.05, 3.63) is 80.4 Å². The lowest BCUT2D eigenvalue weighted by molar-refractivity contribution is -0.136. The smallest absolute Gasteiger partial charge is 0.338 e. The zero-order valence-electron chi connectivity index (χ0n) is 14.6. The molecule has 4 rings (SSSR count). The second kappa shape index (κ2) is 8.04. The minimum Gasteiger partial charge on any atom is -0.452 e. The molecule has 1 aromatic carbocycles. The van der Waals surface area contributed by atoms with Gasteiger partial charge in [-0.15, -0.1) is 22.7 Å². The maximum atomic E-state index is 13.0. The molecule has 1 unspecified atom stereocenters. The Labute approximate surface area is 168 Å². The summed E-state index contributed by atoms with van der Waals surface area (Å²) in [5.41, 5.74) is 1.03. The van der Waals surface area contributed by atoms with Gasteiger partial charge in [0.2, 0.25) is 0 Å². The SMILES string of the molecule is O=C(OCC(=O)N1N=C(c2cccs2)CC1c1cccs1)c1ccc(F)cc1. The number of carbonyl (C=O) groups is 2. The molecule has 0 radical (unpaired) electrons. The summed E-state index contributed by atoms with van der Waals surface area (Å²) in [6.45, 7) is -0.431. The van der Waals surface area contributed by atoms with Crippen molar-refractivity contribution in [1.29, 1.82) is 0 Å². The van der Waals surface area contributed by atoms with Crippen LogP contribution in [0.25, 0.3) is 0 Å². The summed E-state index contributed by atoms with van der Waals surface area (Å²) in [7, 11) is 0. The third-order valence-corrected chi connectivity index (χ3v) is 6.14. The van der Waals surface area contributed by atoms with E-state index in [1.165, 1.54) is 29.3 Å². The van der Waals surface area contributed by atoms with Crippen LogP contribution in [0.1, 0.15) is 32.6 Å². The Hall–Kier alpha value is -2.84. The van der Waals surface area contributed by atoms with E-state index in [2.05, 4.69) is 5.10 Å². The molecule has 0 N–H and O–H groups in total. The predicted molar refractivity (Wildman–Crippen MR) is 106 cm³/mol. The molecule has 0 spiro atoms. The van der Waals surface area contributed by atoms with E-state index in [-0.39, 0.29) is 11.6 Å². The van der Waals surface area contributed by atoms with Gasteiger partial charge in [-0.1, -0.05) is 12.1 Å². The van der Waals surface area contributed by atoms with E-state index in [1.54, 1.807) is 22.7 Å². The zero-order chi connectivity index (χ0) is 19.5. The average molecular weight is 414 g/mol. The maximum Gasteiger partial charge on any atom is 0.338 e. The summed E-state index contributed by atoms with van der Waals surface area (Å²) in [6, 6.07) is 12.6. The monoisotopic (exact) mass is 414 g/mol. The summed E-state index contributed by atoms with van der Waals surface area (Å²) in [5, 5.41) is 9.83. The van der Waals surface area contributed by atoms with E-state index in [4.69, 9.17) is 4.74 Å². The van der Waals surface area contributed by atoms with E-state index in [0.29, 0.717) is 6.42 Å². The second-order valence-corrected chi connectivity index (χ2v) is 8.01. The third-order valence-electron chi connectivity index (χ3n) is 4.25. The Balaban J connectivity index is 1.48. The number of hydrazone groups is 1. The maximum absolute atomic E-state index is 13.0. The van der Waals surface area contributed by atoms with Crippen LogP contribution in [0.2, 0.25) is 0 Å². The molecule has 0 aliphatic carbocycles. The Morgan fingerprint density at radius 1 is 1.11 bits per heavy atom. The predicted octanol–water partition coefficient (Wildman–Crippen LogP) is 4.48. The molecule has 1 aliphatic rings. The van der Waals surface area contributed by atoms with E-state index < -0.39 is 24.3 Å². The third kappa shape index (κ3) is 3.88. The Bertz CT molecular complexity index is 999. The molecule has 2 aromatic heterocycles. The molecule has 1 aliphatic heterocycles. The molecule has 142 valence electrons. The van der Waals surface area contributed by atoms with Gasteiger partial charge in [0.05, 0.1) is 22.2 Å². The molecule has 28 heavy (non-hydrogen) atoms. The van der Waals surface area contributed by atoms with E-state index in [0.717, 1.165) is 15.5 Å². The number of nitrogens with zero attached hydrogens (tertiary/aromatic N) is 2. The number of ether oxygens (including phenoxy) is 1. The molecule has 0 bridgehead atoms. The van der Waals surface area contributed by atoms with Crippen molar-refractivity contribution in [3.63, 3.8) is 0 Å². The molecule has 3 aromatic rings. The first-order valence-electron chi connectivity index (χ1n) is 8.51. The lowest BCUT2D eigenvalue weighted by Gasteiger charge is -2.20. The van der Waals surface area contributed by atoms with Crippen LogP contribution in [-0.4, -0.2) is 29.2 Å². The van der Waals surface area contributed by atoms with Crippen molar-refractivity contribution in [1.82, 2.24) is 5.01 Å². The largest absolute Gasteiger partial charge is 0.452 e. The average Bonchev–Trinajstić information content (AvgIpc) is 3.46. The Morgan fingerprint density at radius 2 is 1.86 bits per heavy atom. The van der Waals surface area contributed by atoms with Gasteiger partial charge in [-0.25, -0.2) is 14.2 Å². The van der Waals surface area contributed by atoms with Crippen molar-refractivity contribution in [2.75, 3.05) is 6.61 Å². The van der Waals surface area contributed by atoms with Gasteiger partial charge in [0.15, 0.2) is 6.61 Å². The molecule has 8 heteroatoms. The number of halogens is 1. The van der Waals surface area contributed by atoms with Crippen molar-refractivity contribution < 1.29 is 18.7 Å². The van der Waals surface area contributed by atoms with Crippen LogP contribution in [0.4, 0.5) is 4.39 Å². The number of amides is 1. The highest BCUT2D eigenvalue weighted by molar-refractivity contribution is 7.12. The molecule has 0 saturated carbocycles. The Kier molecular flexibility index (Phi) is 5.31. The van der Waals surface area contributed by atoms with Crippen molar-refractivity contribution in [3.8, 4) is 0 Å². The molecular weight excluding hydrogens is 399 g/mol. The molecule has 5 nitrogen and oxygen atoms in total. The van der Waals surface area contributed by atoms with E-state index in [1.807, 2.05) is 35.0 Å². The highest BCUT2D eigenvalue weighted by atomic mass is 32.1. The Morgan fingerprint density at radius 3 is 2.54 bits per heavy atom. The van der Waals surface area contributed by atoms with Crippen LogP contribution in [0.3, 0.4) is 0 Å². The van der Waals surface area contributed by atoms with Crippen LogP contribution in [0.15, 0.2) is 64.4 Å². The van der Waals surface area contributed by atoms with Gasteiger partial charge in [0, 0.05) is 11.3 Å². The van der Waals surface area contributed by atoms with Crippen molar-refractivity contribution >= 4 is 40.3 Å². The summed E-state index contributed by atoms with van der Waals surface area (Å²) in [4.78, 5) is 26.9. The lowest BCUT2D eigenvalue weighted by atomic mass is 10.1. The van der Waals surface area contributed by atoms with E-state index in [9.17, 15) is 14.0 Å². The normalized spacial score (nSPS) is 16.1. The number of rotatable bonds is 5. The topological polar surface area (TPSA) is 59.0 Å². The molecule has 3 heterocycles. The van der Waals surface area contributed by atoms with E-state index >= 15 is 0 Å². The van der Waals surface area contributed by atoms with Gasteiger partial charge in [-0.2, -0.15) is 5.10 Å². The summed E-state index contributed by atoms with van der Waals surface area (Å²) in [5.74, 6) is -1.53. The number of hydrogen-bond donors (Lipinski definition) is 0. The fourth-order valence-corrected chi connectivity index (χ4v) is 4.43. The molecular formula is C20H15FN2O3S2. The molecule has 1 atom stereocenters. The first-order valence-corrected chi connectivity index (χ1v) is 10.3. The van der Waals surface area contributed by atoms with Crippen LogP contribution in [0.5, 0.6) is 0 Å². The summed E-state index contributed by atoms with van der Waals surface area (Å²) < 4.78 is 18.1. The fraction of sp³-hybridized carbons (Fsp3) is 0.150. The van der Waals surface area contributed by atoms with Crippen LogP contribution >= 0.6 is 22.7 Å². The van der Waals surface area contributed by atoms with Crippen LogP contribution < -0.4 is 0 Å². The summed E-state index contributed by atoms with van der Waals surface area (Å²) in [6.07, 6.45) is 0.610. The molecule has 0 fully saturated rings. The van der Waals surface area contributed by atoms with Gasteiger partial charge >= 0.3 is 5.97 Å². The first kappa shape index (κ1) is 18.5. The van der Waals surface area contributed by atoms with Gasteiger partial charge in [-0.05, 0) is 47.2 Å². The van der Waals surface area contributed by atoms with Crippen molar-refractivity contribution in [2.24, 2.45) is 5.10 Å². The summed E-state index contributed by atoms with van der Waals surface area (Å²) >= 11 is 3.12. The fourth-order valence-electron chi connectivity index (χ4n) is 2.90. The first-order chi connectivity index (χ1) is 13.6. The van der Waals surface area contributed by atoms with Gasteiger partial charge in [0.1, 0.15) is 5.82 Å². The minimum atomic E-state index is -0.678. The van der Waals surface area contributed by atoms with Gasteiger partial charge in [0.25, 0.3) is 5.91 Å². The number of hydrogen-bond acceptors (Lipinski definition) is 6. The van der Waals surface area contributed by atoms with Crippen molar-refractivity contribution in [2.45, 2.75) is 12.5 Å². The molecule has 0 saturated heterocycles. The zero-order valence-corrected chi connectivity index (χ0v) is 16.2. The van der Waals surface area contributed by atoms with Crippen LogP contribution in [0, 0.1) is 5.82 Å². The number of carbonyl (C=O) groups excluding carboxylic acids is 2. The quantitative estimate of drug-likeness (QED) is 0.578. The second-order valence-electron chi connectivity index (χ2n) is 6.08. The molecule has 1 amide bonds. The minimum absolute atomic E-state index is 0.188. The highest BCUT2D eigenvalue weighted by Gasteiger charge is 2.34. The van der Waals surface area contributed by atoms with Gasteiger partial charge in [-0.3, -0.25) is 4.79 Å². The number of esters is 1.